The second-order valence-electron chi connectivity index (χ2n) is 6.92. The third-order valence-corrected chi connectivity index (χ3v) is 5.77. The van der Waals surface area contributed by atoms with Crippen LogP contribution in [0.2, 0.25) is 0 Å². The van der Waals surface area contributed by atoms with Crippen LogP contribution in [0.15, 0.2) is 46.7 Å². The molecule has 174 valence electrons. The molecular weight excluding hydrogens is 442 g/mol. The van der Waals surface area contributed by atoms with Gasteiger partial charge in [0, 0.05) is 17.7 Å². The van der Waals surface area contributed by atoms with Gasteiger partial charge in [0.25, 0.3) is 5.91 Å². The highest BCUT2D eigenvalue weighted by Gasteiger charge is 2.16. The van der Waals surface area contributed by atoms with Gasteiger partial charge in [0.1, 0.15) is 0 Å². The summed E-state index contributed by atoms with van der Waals surface area (Å²) in [7, 11) is 4.60. The highest BCUT2D eigenvalue weighted by Crippen LogP contribution is 2.39. The highest BCUT2D eigenvalue weighted by atomic mass is 32.2. The number of carbonyl (C=O) groups is 1. The molecule has 2 aromatic carbocycles. The Balaban J connectivity index is 1.64. The molecule has 9 nitrogen and oxygen atoms in total. The summed E-state index contributed by atoms with van der Waals surface area (Å²) in [6, 6.07) is 11.6. The maximum atomic E-state index is 12.3. The Labute approximate surface area is 197 Å². The van der Waals surface area contributed by atoms with E-state index < -0.39 is 0 Å². The molecule has 1 aromatic heterocycles. The molecule has 0 radical (unpaired) electrons. The lowest BCUT2D eigenvalue weighted by molar-refractivity contribution is -0.118. The average Bonchev–Trinajstić information content (AvgIpc) is 3.25. The predicted octanol–water partition coefficient (Wildman–Crippen LogP) is 3.54. The normalized spacial score (nSPS) is 10.9. The standard InChI is InChI=1S/C23H27N5O4S/c1-6-28-22(16-9-7-15(2)8-10-16)26-27-23(28)33-14-19(29)25-24-13-17-11-12-18(30-3)21(32-5)20(17)31-4/h7-13H,6,14H2,1-5H3,(H,25,29)/b24-13+. The Kier molecular flexibility index (Phi) is 8.31. The number of thioether (sulfide) groups is 1. The zero-order valence-corrected chi connectivity index (χ0v) is 20.1. The van der Waals surface area contributed by atoms with Crippen molar-refractivity contribution in [2.45, 2.75) is 25.5 Å². The molecule has 0 saturated carbocycles. The molecule has 0 bridgehead atoms. The smallest absolute Gasteiger partial charge is 0.250 e. The maximum absolute atomic E-state index is 12.3. The minimum atomic E-state index is -0.266. The zero-order valence-electron chi connectivity index (χ0n) is 19.3. The number of hydrogen-bond acceptors (Lipinski definition) is 8. The Morgan fingerprint density at radius 1 is 1.06 bits per heavy atom. The molecule has 3 aromatic rings. The van der Waals surface area contributed by atoms with Crippen LogP contribution in [-0.4, -0.2) is 54.0 Å². The maximum Gasteiger partial charge on any atom is 0.250 e. The van der Waals surface area contributed by atoms with Gasteiger partial charge >= 0.3 is 0 Å². The van der Waals surface area contributed by atoms with E-state index in [1.807, 2.05) is 42.7 Å². The van der Waals surface area contributed by atoms with Gasteiger partial charge in [-0.1, -0.05) is 41.6 Å². The fraction of sp³-hybridized carbons (Fsp3) is 0.304. The van der Waals surface area contributed by atoms with E-state index in [1.165, 1.54) is 37.8 Å². The van der Waals surface area contributed by atoms with E-state index in [4.69, 9.17) is 14.2 Å². The molecule has 0 saturated heterocycles. The Morgan fingerprint density at radius 3 is 2.42 bits per heavy atom. The first-order chi connectivity index (χ1) is 16.0. The summed E-state index contributed by atoms with van der Waals surface area (Å²) in [5.74, 6) is 2.11. The van der Waals surface area contributed by atoms with Crippen LogP contribution in [0, 0.1) is 6.92 Å². The molecule has 0 fully saturated rings. The number of hydrogen-bond donors (Lipinski definition) is 1. The molecule has 1 amide bonds. The van der Waals surface area contributed by atoms with Gasteiger partial charge < -0.3 is 18.8 Å². The van der Waals surface area contributed by atoms with Gasteiger partial charge in [0.2, 0.25) is 5.75 Å². The van der Waals surface area contributed by atoms with Gasteiger partial charge in [-0.3, -0.25) is 4.79 Å². The quantitative estimate of drug-likeness (QED) is 0.275. The number of benzene rings is 2. The van der Waals surface area contributed by atoms with Gasteiger partial charge in [-0.25, -0.2) is 5.43 Å². The van der Waals surface area contributed by atoms with E-state index in [0.29, 0.717) is 34.5 Å². The molecule has 0 spiro atoms. The largest absolute Gasteiger partial charge is 0.493 e. The van der Waals surface area contributed by atoms with Crippen molar-refractivity contribution in [1.82, 2.24) is 20.2 Å². The number of carbonyl (C=O) groups excluding carboxylic acids is 1. The second kappa shape index (κ2) is 11.4. The number of ether oxygens (including phenoxy) is 3. The lowest BCUT2D eigenvalue weighted by Gasteiger charge is -2.13. The summed E-state index contributed by atoms with van der Waals surface area (Å²) in [5.41, 5.74) is 5.33. The molecule has 0 unspecified atom stereocenters. The van der Waals surface area contributed by atoms with Crippen molar-refractivity contribution in [2.24, 2.45) is 5.10 Å². The summed E-state index contributed by atoms with van der Waals surface area (Å²) in [6.07, 6.45) is 1.49. The molecule has 1 N–H and O–H groups in total. The number of aromatic nitrogens is 3. The van der Waals surface area contributed by atoms with Gasteiger partial charge in [0.15, 0.2) is 22.5 Å². The fourth-order valence-corrected chi connectivity index (χ4v) is 3.95. The molecule has 1 heterocycles. The van der Waals surface area contributed by atoms with Gasteiger partial charge in [-0.15, -0.1) is 10.2 Å². The lowest BCUT2D eigenvalue weighted by Crippen LogP contribution is -2.20. The van der Waals surface area contributed by atoms with E-state index in [9.17, 15) is 4.79 Å². The van der Waals surface area contributed by atoms with Crippen LogP contribution < -0.4 is 19.6 Å². The third kappa shape index (κ3) is 5.64. The number of nitrogens with one attached hydrogen (secondary N) is 1. The first-order valence-corrected chi connectivity index (χ1v) is 11.2. The Hall–Kier alpha value is -3.53. The van der Waals surface area contributed by atoms with Gasteiger partial charge in [-0.2, -0.15) is 5.10 Å². The fourth-order valence-electron chi connectivity index (χ4n) is 3.16. The van der Waals surface area contributed by atoms with E-state index in [0.717, 1.165) is 11.4 Å². The highest BCUT2D eigenvalue weighted by molar-refractivity contribution is 7.99. The van der Waals surface area contributed by atoms with E-state index in [2.05, 4.69) is 20.7 Å². The third-order valence-electron chi connectivity index (χ3n) is 4.80. The topological polar surface area (TPSA) is 99.9 Å². The molecule has 3 rings (SSSR count). The molecule has 0 aliphatic rings. The Morgan fingerprint density at radius 2 is 1.79 bits per heavy atom. The van der Waals surface area contributed by atoms with E-state index in [1.54, 1.807) is 19.2 Å². The van der Waals surface area contributed by atoms with Crippen molar-refractivity contribution in [3.05, 3.63) is 47.5 Å². The molecule has 0 aliphatic heterocycles. The van der Waals surface area contributed by atoms with Crippen molar-refractivity contribution >= 4 is 23.9 Å². The lowest BCUT2D eigenvalue weighted by atomic mass is 10.1. The van der Waals surface area contributed by atoms with Crippen molar-refractivity contribution < 1.29 is 19.0 Å². The summed E-state index contributed by atoms with van der Waals surface area (Å²) in [6.45, 7) is 4.75. The SMILES string of the molecule is CCn1c(SCC(=O)N/N=C/c2ccc(OC)c(OC)c2OC)nnc1-c1ccc(C)cc1. The number of rotatable bonds is 10. The molecule has 0 atom stereocenters. The second-order valence-corrected chi connectivity index (χ2v) is 7.86. The monoisotopic (exact) mass is 469 g/mol. The zero-order chi connectivity index (χ0) is 23.8. The molecule has 0 aliphatic carbocycles. The molecule has 33 heavy (non-hydrogen) atoms. The van der Waals surface area contributed by atoms with Crippen LogP contribution in [0.1, 0.15) is 18.1 Å². The van der Waals surface area contributed by atoms with Crippen LogP contribution in [0.5, 0.6) is 17.2 Å². The van der Waals surface area contributed by atoms with Crippen LogP contribution in [-0.2, 0) is 11.3 Å². The minimum absolute atomic E-state index is 0.145. The van der Waals surface area contributed by atoms with Crippen LogP contribution in [0.3, 0.4) is 0 Å². The van der Waals surface area contributed by atoms with Crippen LogP contribution >= 0.6 is 11.8 Å². The van der Waals surface area contributed by atoms with Crippen molar-refractivity contribution in [3.8, 4) is 28.6 Å². The first kappa shape index (κ1) is 24.1. The van der Waals surface area contributed by atoms with Gasteiger partial charge in [0.05, 0.1) is 33.3 Å². The van der Waals surface area contributed by atoms with E-state index >= 15 is 0 Å². The first-order valence-electron chi connectivity index (χ1n) is 10.3. The molecule has 10 heteroatoms. The van der Waals surface area contributed by atoms with Crippen molar-refractivity contribution in [1.29, 1.82) is 0 Å². The predicted molar refractivity (Wildman–Crippen MR) is 128 cm³/mol. The Bertz CT molecular complexity index is 1130. The average molecular weight is 470 g/mol. The van der Waals surface area contributed by atoms with Crippen LogP contribution in [0.4, 0.5) is 0 Å². The number of amides is 1. The van der Waals surface area contributed by atoms with Crippen molar-refractivity contribution in [2.75, 3.05) is 27.1 Å². The van der Waals surface area contributed by atoms with Crippen molar-refractivity contribution in [3.63, 3.8) is 0 Å². The number of nitrogens with zero attached hydrogens (tertiary/aromatic N) is 4. The number of aryl methyl sites for hydroxylation is 1. The summed E-state index contributed by atoms with van der Waals surface area (Å²) < 4.78 is 18.0. The summed E-state index contributed by atoms with van der Waals surface area (Å²) in [4.78, 5) is 12.3. The van der Waals surface area contributed by atoms with E-state index in [-0.39, 0.29) is 11.7 Å². The number of hydrazone groups is 1. The summed E-state index contributed by atoms with van der Waals surface area (Å²) >= 11 is 1.31. The molecular formula is C23H27N5O4S. The van der Waals surface area contributed by atoms with Crippen LogP contribution in [0.25, 0.3) is 11.4 Å². The minimum Gasteiger partial charge on any atom is -0.493 e. The summed E-state index contributed by atoms with van der Waals surface area (Å²) in [5, 5.41) is 13.3. The van der Waals surface area contributed by atoms with Gasteiger partial charge in [-0.05, 0) is 26.0 Å². The number of methoxy groups -OCH3 is 3.